The molecule has 0 aliphatic carbocycles. The van der Waals surface area contributed by atoms with Crippen LogP contribution in [0.3, 0.4) is 0 Å². The van der Waals surface area contributed by atoms with Crippen molar-refractivity contribution in [1.29, 1.82) is 0 Å². The van der Waals surface area contributed by atoms with Gasteiger partial charge in [0.05, 0.1) is 43.0 Å². The molecule has 0 saturated carbocycles. The molecule has 0 amide bonds. The molecule has 0 saturated heterocycles. The smallest absolute Gasteiger partial charge is 0.0894 e. The van der Waals surface area contributed by atoms with Crippen LogP contribution in [0.1, 0.15) is 19.4 Å². The maximum absolute atomic E-state index is 6.69. The average molecular weight is 588 g/mol. The number of rotatable bonds is 2. The predicted octanol–water partition coefficient (Wildman–Crippen LogP) is 6.51. The maximum Gasteiger partial charge on any atom is 0.0894 e. The van der Waals surface area contributed by atoms with Crippen molar-refractivity contribution in [3.63, 3.8) is 0 Å². The van der Waals surface area contributed by atoms with Gasteiger partial charge in [0, 0.05) is 33.5 Å². The molecule has 3 nitrogen and oxygen atoms in total. The Hall–Kier alpha value is -3.21. The van der Waals surface area contributed by atoms with Crippen LogP contribution in [-0.2, 0) is 21.1 Å². The van der Waals surface area contributed by atoms with Crippen molar-refractivity contribution in [1.82, 2.24) is 15.0 Å². The molecule has 0 fully saturated rings. The fourth-order valence-electron chi connectivity index (χ4n) is 2.27. The number of pyridine rings is 3. The second-order valence-electron chi connectivity index (χ2n) is 5.91. The molecule has 4 rings (SSSR count). The first-order chi connectivity index (χ1) is 14.3. The summed E-state index contributed by atoms with van der Waals surface area (Å²) in [5.41, 5.74) is 4.29. The van der Waals surface area contributed by atoms with Gasteiger partial charge in [0.2, 0.25) is 0 Å². The molecule has 0 unspecified atom stereocenters. The van der Waals surface area contributed by atoms with Crippen molar-refractivity contribution in [3.8, 4) is 28.7 Å². The normalized spacial score (nSPS) is 8.42. The van der Waals surface area contributed by atoms with Crippen molar-refractivity contribution in [3.05, 3.63) is 123 Å². The van der Waals surface area contributed by atoms with E-state index in [1.54, 1.807) is 12.4 Å². The van der Waals surface area contributed by atoms with Crippen LogP contribution in [0.2, 0.25) is 0 Å². The van der Waals surface area contributed by atoms with Gasteiger partial charge in [-0.2, -0.15) is 0 Å². The fraction of sp³-hybridized carbons (Fsp3) is 0.0741. The molecule has 31 heavy (non-hydrogen) atoms. The van der Waals surface area contributed by atoms with Crippen molar-refractivity contribution in [2.75, 3.05) is 0 Å². The largest absolute Gasteiger partial charge is 0.366 e. The molecule has 0 atom stereocenters. The van der Waals surface area contributed by atoms with E-state index in [9.17, 15) is 0 Å². The zero-order valence-corrected chi connectivity index (χ0v) is 20.2. The first-order valence-corrected chi connectivity index (χ1v) is 9.30. The van der Waals surface area contributed by atoms with Crippen LogP contribution in [-0.4, -0.2) is 15.0 Å². The van der Waals surface area contributed by atoms with Gasteiger partial charge in [-0.15, -0.1) is 17.7 Å². The summed E-state index contributed by atoms with van der Waals surface area (Å²) in [6, 6.07) is 26.8. The van der Waals surface area contributed by atoms with Crippen LogP contribution in [0.5, 0.6) is 0 Å². The summed E-state index contributed by atoms with van der Waals surface area (Å²) in [6.07, 6.45) is 12.2. The third-order valence-corrected chi connectivity index (χ3v) is 3.52. The Labute approximate surface area is 201 Å². The van der Waals surface area contributed by atoms with Gasteiger partial charge in [0.25, 0.3) is 0 Å². The molecule has 160 valence electrons. The average Bonchev–Trinajstić information content (AvgIpc) is 2.82. The van der Waals surface area contributed by atoms with Crippen LogP contribution in [0.4, 0.5) is 0 Å². The Morgan fingerprint density at radius 3 is 1.42 bits per heavy atom. The molecule has 4 aromatic rings. The second kappa shape index (κ2) is 16.6. The number of hydrogen-bond donors (Lipinski definition) is 0. The summed E-state index contributed by atoms with van der Waals surface area (Å²) < 4.78 is 0. The molecule has 3 aromatic heterocycles. The molecule has 3 heterocycles. The summed E-state index contributed by atoms with van der Waals surface area (Å²) in [5, 5.41) is 0. The van der Waals surface area contributed by atoms with Gasteiger partial charge in [0.15, 0.2) is 0 Å². The van der Waals surface area contributed by atoms with Gasteiger partial charge in [-0.25, -0.2) is 4.98 Å². The van der Waals surface area contributed by atoms with Crippen molar-refractivity contribution in [2.24, 2.45) is 0 Å². The Morgan fingerprint density at radius 1 is 0.645 bits per heavy atom. The molecular formula is C27H26N3Pt-. The summed E-state index contributed by atoms with van der Waals surface area (Å²) in [7, 11) is 0. The fourth-order valence-corrected chi connectivity index (χ4v) is 2.27. The summed E-state index contributed by atoms with van der Waals surface area (Å²) in [5.74, 6) is 2.28. The second-order valence-corrected chi connectivity index (χ2v) is 5.91. The SMILES string of the molecule is C[CH+]C.[C-]#Cc1ccccc1.[CH3-].[Pt].c1ccc(-c2cccc(-c3ccccn3)n2)nc1. The molecule has 4 heteroatoms. The Bertz CT molecular complexity index is 944. The molecule has 0 aliphatic rings. The molecular weight excluding hydrogens is 561 g/mol. The van der Waals surface area contributed by atoms with E-state index in [4.69, 9.17) is 6.42 Å². The van der Waals surface area contributed by atoms with Gasteiger partial charge >= 0.3 is 0 Å². The van der Waals surface area contributed by atoms with Crippen LogP contribution >= 0.6 is 0 Å². The Morgan fingerprint density at radius 2 is 1.06 bits per heavy atom. The molecule has 0 N–H and O–H groups in total. The molecule has 0 bridgehead atoms. The van der Waals surface area contributed by atoms with Gasteiger partial charge in [0.1, 0.15) is 0 Å². The van der Waals surface area contributed by atoms with Gasteiger partial charge in [-0.05, 0) is 36.4 Å². The third-order valence-electron chi connectivity index (χ3n) is 3.52. The molecule has 0 radical (unpaired) electrons. The van der Waals surface area contributed by atoms with Crippen molar-refractivity contribution in [2.45, 2.75) is 13.8 Å². The predicted molar refractivity (Wildman–Crippen MR) is 125 cm³/mol. The van der Waals surface area contributed by atoms with E-state index in [0.717, 1.165) is 28.3 Å². The van der Waals surface area contributed by atoms with E-state index in [1.807, 2.05) is 105 Å². The number of aromatic nitrogens is 3. The standard InChI is InChI=1S/C15H11N3.C8H5.C3H7.CH3.Pt/c1-3-10-16-12(6-1)14-8-5-9-15(18-14)13-7-2-4-11-17-13;1-2-8-6-4-3-5-7-8;1-3-2;;/h1-11H;3-7H;3H,1-2H3;1H3;/q;-1;+1;-1;. The minimum atomic E-state index is 0. The molecule has 1 aromatic carbocycles. The Balaban J connectivity index is 0.000000587. The van der Waals surface area contributed by atoms with Crippen molar-refractivity contribution >= 4 is 0 Å². The van der Waals surface area contributed by atoms with E-state index in [0.29, 0.717) is 0 Å². The first-order valence-electron chi connectivity index (χ1n) is 9.30. The van der Waals surface area contributed by atoms with Crippen LogP contribution in [0.15, 0.2) is 97.3 Å². The summed E-state index contributed by atoms with van der Waals surface area (Å²) >= 11 is 0. The van der Waals surface area contributed by atoms with Crippen LogP contribution < -0.4 is 0 Å². The Kier molecular flexibility index (Phi) is 14.9. The van der Waals surface area contributed by atoms with Crippen molar-refractivity contribution < 1.29 is 21.1 Å². The van der Waals surface area contributed by atoms with E-state index in [2.05, 4.69) is 20.9 Å². The zero-order chi connectivity index (χ0) is 20.7. The van der Waals surface area contributed by atoms with Gasteiger partial charge < -0.3 is 13.9 Å². The zero-order valence-electron chi connectivity index (χ0n) is 18.0. The van der Waals surface area contributed by atoms with E-state index in [1.165, 1.54) is 0 Å². The van der Waals surface area contributed by atoms with E-state index in [-0.39, 0.29) is 28.5 Å². The van der Waals surface area contributed by atoms with Gasteiger partial charge in [-0.3, -0.25) is 15.9 Å². The minimum Gasteiger partial charge on any atom is -0.366 e. The third kappa shape index (κ3) is 9.89. The first kappa shape index (κ1) is 27.8. The molecule has 0 aliphatic heterocycles. The quantitative estimate of drug-likeness (QED) is 0.198. The van der Waals surface area contributed by atoms with Crippen LogP contribution in [0.25, 0.3) is 22.8 Å². The van der Waals surface area contributed by atoms with E-state index < -0.39 is 0 Å². The van der Waals surface area contributed by atoms with Crippen LogP contribution in [0, 0.1) is 26.2 Å². The minimum absolute atomic E-state index is 0. The molecule has 0 spiro atoms. The summed E-state index contributed by atoms with van der Waals surface area (Å²) in [6.45, 7) is 4.00. The topological polar surface area (TPSA) is 38.7 Å². The summed E-state index contributed by atoms with van der Waals surface area (Å²) in [4.78, 5) is 13.2. The monoisotopic (exact) mass is 587 g/mol. The van der Waals surface area contributed by atoms with E-state index >= 15 is 0 Å². The number of benzene rings is 1. The number of hydrogen-bond acceptors (Lipinski definition) is 3. The number of nitrogens with zero attached hydrogens (tertiary/aromatic N) is 3. The maximum atomic E-state index is 6.69. The van der Waals surface area contributed by atoms with Gasteiger partial charge in [-0.1, -0.05) is 36.4 Å².